The standard InChI is InChI=1S/C24H22ClN5O2/c1-17-11-21(25)15-27-22(17)29-7-9-30(10-8-29)24(31)20-12-19(13-26)23(28-14-20)32-16-18-5-3-2-4-6-18/h2-6,11-12,14-15H,7-10,16H2,1H3. The van der Waals surface area contributed by atoms with Gasteiger partial charge >= 0.3 is 0 Å². The maximum absolute atomic E-state index is 13.0. The van der Waals surface area contributed by atoms with Crippen molar-refractivity contribution >= 4 is 23.3 Å². The number of halogens is 1. The van der Waals surface area contributed by atoms with Crippen molar-refractivity contribution in [3.05, 3.63) is 82.1 Å². The fourth-order valence-corrected chi connectivity index (χ4v) is 3.87. The molecule has 0 atom stereocenters. The van der Waals surface area contributed by atoms with Gasteiger partial charge < -0.3 is 14.5 Å². The van der Waals surface area contributed by atoms with Gasteiger partial charge in [-0.1, -0.05) is 41.9 Å². The van der Waals surface area contributed by atoms with Crippen LogP contribution in [0.1, 0.15) is 27.0 Å². The van der Waals surface area contributed by atoms with Gasteiger partial charge in [0.25, 0.3) is 5.91 Å². The van der Waals surface area contributed by atoms with E-state index in [4.69, 9.17) is 16.3 Å². The number of nitriles is 1. The third kappa shape index (κ3) is 4.82. The van der Waals surface area contributed by atoms with E-state index in [2.05, 4.69) is 20.9 Å². The van der Waals surface area contributed by atoms with Crippen LogP contribution in [0.2, 0.25) is 5.02 Å². The average molecular weight is 448 g/mol. The molecule has 1 amide bonds. The van der Waals surface area contributed by atoms with Crippen molar-refractivity contribution in [1.29, 1.82) is 5.26 Å². The molecule has 1 saturated heterocycles. The molecule has 3 aromatic rings. The highest BCUT2D eigenvalue weighted by Crippen LogP contribution is 2.23. The van der Waals surface area contributed by atoms with Gasteiger partial charge in [-0.15, -0.1) is 0 Å². The van der Waals surface area contributed by atoms with Crippen molar-refractivity contribution in [3.8, 4) is 11.9 Å². The molecule has 162 valence electrons. The number of hydrogen-bond donors (Lipinski definition) is 0. The van der Waals surface area contributed by atoms with E-state index in [-0.39, 0.29) is 17.4 Å². The summed E-state index contributed by atoms with van der Waals surface area (Å²) in [4.78, 5) is 25.6. The molecular weight excluding hydrogens is 426 g/mol. The zero-order valence-electron chi connectivity index (χ0n) is 17.7. The van der Waals surface area contributed by atoms with Gasteiger partial charge in [-0.3, -0.25) is 4.79 Å². The molecule has 0 spiro atoms. The molecule has 3 heterocycles. The Morgan fingerprint density at radius 1 is 1.12 bits per heavy atom. The maximum Gasteiger partial charge on any atom is 0.255 e. The Bertz CT molecular complexity index is 1150. The van der Waals surface area contributed by atoms with Crippen LogP contribution in [0.3, 0.4) is 0 Å². The summed E-state index contributed by atoms with van der Waals surface area (Å²) in [5, 5.41) is 10.1. The van der Waals surface area contributed by atoms with E-state index < -0.39 is 0 Å². The molecular formula is C24H22ClN5O2. The highest BCUT2D eigenvalue weighted by atomic mass is 35.5. The number of hydrogen-bond acceptors (Lipinski definition) is 6. The van der Waals surface area contributed by atoms with Crippen LogP contribution in [0.15, 0.2) is 54.9 Å². The first-order valence-corrected chi connectivity index (χ1v) is 10.7. The van der Waals surface area contributed by atoms with Crippen molar-refractivity contribution in [1.82, 2.24) is 14.9 Å². The van der Waals surface area contributed by atoms with Gasteiger partial charge in [0.05, 0.1) is 10.6 Å². The SMILES string of the molecule is Cc1cc(Cl)cnc1N1CCN(C(=O)c2cnc(OCc3ccccc3)c(C#N)c2)CC1. The molecule has 0 radical (unpaired) electrons. The van der Waals surface area contributed by atoms with E-state index >= 15 is 0 Å². The molecule has 0 bridgehead atoms. The number of piperazine rings is 1. The summed E-state index contributed by atoms with van der Waals surface area (Å²) in [5.41, 5.74) is 2.60. The molecule has 8 heteroatoms. The zero-order chi connectivity index (χ0) is 22.5. The van der Waals surface area contributed by atoms with Crippen LogP contribution in [-0.2, 0) is 6.61 Å². The molecule has 1 aliphatic rings. The van der Waals surface area contributed by atoms with Crippen LogP contribution < -0.4 is 9.64 Å². The minimum absolute atomic E-state index is 0.149. The average Bonchev–Trinajstić information content (AvgIpc) is 2.83. The first kappa shape index (κ1) is 21.6. The molecule has 2 aromatic heterocycles. The third-order valence-corrected chi connectivity index (χ3v) is 5.53. The first-order chi connectivity index (χ1) is 15.5. The van der Waals surface area contributed by atoms with Crippen molar-refractivity contribution in [2.75, 3.05) is 31.1 Å². The van der Waals surface area contributed by atoms with E-state index in [1.807, 2.05) is 43.3 Å². The summed E-state index contributed by atoms with van der Waals surface area (Å²) in [7, 11) is 0. The highest BCUT2D eigenvalue weighted by molar-refractivity contribution is 6.30. The van der Waals surface area contributed by atoms with Crippen LogP contribution in [0.5, 0.6) is 5.88 Å². The van der Waals surface area contributed by atoms with E-state index in [0.717, 1.165) is 16.9 Å². The molecule has 4 rings (SSSR count). The third-order valence-electron chi connectivity index (χ3n) is 5.32. The number of aryl methyl sites for hydroxylation is 1. The molecule has 32 heavy (non-hydrogen) atoms. The van der Waals surface area contributed by atoms with E-state index in [0.29, 0.717) is 43.4 Å². The van der Waals surface area contributed by atoms with Gasteiger partial charge in [0, 0.05) is 38.6 Å². The molecule has 1 aromatic carbocycles. The Hall–Kier alpha value is -3.63. The van der Waals surface area contributed by atoms with Crippen molar-refractivity contribution in [3.63, 3.8) is 0 Å². The monoisotopic (exact) mass is 447 g/mol. The summed E-state index contributed by atoms with van der Waals surface area (Å²) >= 11 is 6.00. The van der Waals surface area contributed by atoms with Crippen LogP contribution in [-0.4, -0.2) is 47.0 Å². The second-order valence-electron chi connectivity index (χ2n) is 7.54. The smallest absolute Gasteiger partial charge is 0.255 e. The number of aromatic nitrogens is 2. The normalized spacial score (nSPS) is 13.5. The van der Waals surface area contributed by atoms with Gasteiger partial charge in [0.2, 0.25) is 5.88 Å². The lowest BCUT2D eigenvalue weighted by Crippen LogP contribution is -2.49. The molecule has 0 unspecified atom stereocenters. The second-order valence-corrected chi connectivity index (χ2v) is 7.97. The summed E-state index contributed by atoms with van der Waals surface area (Å²) in [6.07, 6.45) is 3.11. The van der Waals surface area contributed by atoms with Crippen LogP contribution in [0.4, 0.5) is 5.82 Å². The molecule has 0 aliphatic carbocycles. The number of anilines is 1. The lowest BCUT2D eigenvalue weighted by molar-refractivity contribution is 0.0746. The molecule has 0 N–H and O–H groups in total. The molecule has 7 nitrogen and oxygen atoms in total. The number of rotatable bonds is 5. The summed E-state index contributed by atoms with van der Waals surface area (Å²) in [5.74, 6) is 0.959. The number of nitrogens with zero attached hydrogens (tertiary/aromatic N) is 5. The number of benzene rings is 1. The van der Waals surface area contributed by atoms with Gasteiger partial charge in [-0.2, -0.15) is 5.26 Å². The maximum atomic E-state index is 13.0. The predicted molar refractivity (Wildman–Crippen MR) is 122 cm³/mol. The zero-order valence-corrected chi connectivity index (χ0v) is 18.4. The van der Waals surface area contributed by atoms with Crippen molar-refractivity contribution in [2.45, 2.75) is 13.5 Å². The Morgan fingerprint density at radius 3 is 2.56 bits per heavy atom. The van der Waals surface area contributed by atoms with Gasteiger partial charge in [0.15, 0.2) is 0 Å². The van der Waals surface area contributed by atoms with Crippen LogP contribution >= 0.6 is 11.6 Å². The Morgan fingerprint density at radius 2 is 1.88 bits per heavy atom. The molecule has 1 fully saturated rings. The number of carbonyl (C=O) groups is 1. The predicted octanol–water partition coefficient (Wildman–Crippen LogP) is 3.85. The number of carbonyl (C=O) groups excluding carboxylic acids is 1. The highest BCUT2D eigenvalue weighted by Gasteiger charge is 2.24. The van der Waals surface area contributed by atoms with Crippen LogP contribution in [0, 0.1) is 18.3 Å². The summed E-state index contributed by atoms with van der Waals surface area (Å²) in [6, 6.07) is 15.2. The number of ether oxygens (including phenoxy) is 1. The quantitative estimate of drug-likeness (QED) is 0.590. The lowest BCUT2D eigenvalue weighted by Gasteiger charge is -2.36. The Kier molecular flexibility index (Phi) is 6.52. The van der Waals surface area contributed by atoms with Crippen molar-refractivity contribution in [2.24, 2.45) is 0 Å². The fourth-order valence-electron chi connectivity index (χ4n) is 3.66. The molecule has 0 saturated carbocycles. The summed E-state index contributed by atoms with van der Waals surface area (Å²) < 4.78 is 5.70. The van der Waals surface area contributed by atoms with E-state index in [1.165, 1.54) is 6.20 Å². The van der Waals surface area contributed by atoms with Crippen molar-refractivity contribution < 1.29 is 9.53 Å². The minimum Gasteiger partial charge on any atom is -0.472 e. The second kappa shape index (κ2) is 9.67. The van der Waals surface area contributed by atoms with Crippen LogP contribution in [0.25, 0.3) is 0 Å². The topological polar surface area (TPSA) is 82.3 Å². The Balaban J connectivity index is 1.40. The van der Waals surface area contributed by atoms with Gasteiger partial charge in [-0.05, 0) is 30.2 Å². The number of pyridine rings is 2. The minimum atomic E-state index is -0.149. The largest absolute Gasteiger partial charge is 0.472 e. The lowest BCUT2D eigenvalue weighted by atomic mass is 10.1. The van der Waals surface area contributed by atoms with Gasteiger partial charge in [-0.25, -0.2) is 9.97 Å². The first-order valence-electron chi connectivity index (χ1n) is 10.3. The summed E-state index contributed by atoms with van der Waals surface area (Å²) in [6.45, 7) is 4.71. The molecule has 1 aliphatic heterocycles. The fraction of sp³-hybridized carbons (Fsp3) is 0.250. The van der Waals surface area contributed by atoms with E-state index in [1.54, 1.807) is 17.2 Å². The van der Waals surface area contributed by atoms with Gasteiger partial charge in [0.1, 0.15) is 24.1 Å². The Labute approximate surface area is 191 Å². The number of amides is 1. The van der Waals surface area contributed by atoms with E-state index in [9.17, 15) is 10.1 Å².